The quantitative estimate of drug-likeness (QED) is 0.643. The van der Waals surface area contributed by atoms with E-state index in [1.54, 1.807) is 30.3 Å². The zero-order valence-electron chi connectivity index (χ0n) is 9.60. The standard InChI is InChI=1S/C15H11FN2/c16-15-9-12(3-6-13(15)10-17)2-1-11-4-7-14(18)8-5-11/h1-9H,18H2. The summed E-state index contributed by atoms with van der Waals surface area (Å²) in [5.41, 5.74) is 8.03. The first kappa shape index (κ1) is 11.9. The second kappa shape index (κ2) is 5.15. The topological polar surface area (TPSA) is 49.8 Å². The van der Waals surface area contributed by atoms with Gasteiger partial charge in [-0.05, 0) is 35.4 Å². The van der Waals surface area contributed by atoms with E-state index in [2.05, 4.69) is 0 Å². The van der Waals surface area contributed by atoms with Crippen LogP contribution < -0.4 is 5.73 Å². The molecule has 2 aromatic rings. The molecule has 2 rings (SSSR count). The van der Waals surface area contributed by atoms with Crippen LogP contribution in [0.1, 0.15) is 16.7 Å². The summed E-state index contributed by atoms with van der Waals surface area (Å²) in [6, 6.07) is 13.7. The smallest absolute Gasteiger partial charge is 0.141 e. The SMILES string of the molecule is N#Cc1ccc(C=Cc2ccc(N)cc2)cc1F. The van der Waals surface area contributed by atoms with Crippen molar-refractivity contribution in [2.75, 3.05) is 5.73 Å². The molecule has 0 saturated heterocycles. The summed E-state index contributed by atoms with van der Waals surface area (Å²) in [5.74, 6) is -0.503. The van der Waals surface area contributed by atoms with Crippen LogP contribution in [0.25, 0.3) is 12.2 Å². The minimum Gasteiger partial charge on any atom is -0.399 e. The molecule has 0 unspecified atom stereocenters. The summed E-state index contributed by atoms with van der Waals surface area (Å²) in [7, 11) is 0. The van der Waals surface area contributed by atoms with Crippen LogP contribution in [-0.2, 0) is 0 Å². The molecule has 0 amide bonds. The fraction of sp³-hybridized carbons (Fsp3) is 0. The van der Waals surface area contributed by atoms with Gasteiger partial charge in [-0.1, -0.05) is 30.4 Å². The maximum Gasteiger partial charge on any atom is 0.141 e. The van der Waals surface area contributed by atoms with Crippen molar-refractivity contribution in [2.45, 2.75) is 0 Å². The highest BCUT2D eigenvalue weighted by molar-refractivity contribution is 5.70. The van der Waals surface area contributed by atoms with Crippen LogP contribution in [0, 0.1) is 17.1 Å². The number of nitrogen functional groups attached to an aromatic ring is 1. The summed E-state index contributed by atoms with van der Waals surface area (Å²) in [6.45, 7) is 0. The zero-order chi connectivity index (χ0) is 13.0. The number of hydrogen-bond donors (Lipinski definition) is 1. The molecular formula is C15H11FN2. The Morgan fingerprint density at radius 3 is 2.22 bits per heavy atom. The highest BCUT2D eigenvalue weighted by Crippen LogP contribution is 2.13. The van der Waals surface area contributed by atoms with Crippen molar-refractivity contribution in [1.29, 1.82) is 5.26 Å². The summed E-state index contributed by atoms with van der Waals surface area (Å²) >= 11 is 0. The Kier molecular flexibility index (Phi) is 3.40. The van der Waals surface area contributed by atoms with Gasteiger partial charge in [0.15, 0.2) is 0 Å². The Morgan fingerprint density at radius 1 is 1.00 bits per heavy atom. The molecule has 0 saturated carbocycles. The predicted octanol–water partition coefficient (Wildman–Crippen LogP) is 3.45. The van der Waals surface area contributed by atoms with E-state index >= 15 is 0 Å². The lowest BCUT2D eigenvalue weighted by Gasteiger charge is -1.97. The molecule has 0 aliphatic heterocycles. The molecule has 0 bridgehead atoms. The maximum absolute atomic E-state index is 13.4. The van der Waals surface area contributed by atoms with Crippen molar-refractivity contribution in [3.8, 4) is 6.07 Å². The van der Waals surface area contributed by atoms with E-state index in [9.17, 15) is 4.39 Å². The van der Waals surface area contributed by atoms with Crippen LogP contribution >= 0.6 is 0 Å². The minimum atomic E-state index is -0.503. The number of halogens is 1. The number of rotatable bonds is 2. The second-order valence-electron chi connectivity index (χ2n) is 3.85. The van der Waals surface area contributed by atoms with Crippen LogP contribution in [0.3, 0.4) is 0 Å². The van der Waals surface area contributed by atoms with Gasteiger partial charge in [-0.2, -0.15) is 5.26 Å². The molecule has 0 aliphatic rings. The number of nitrogens with two attached hydrogens (primary N) is 1. The van der Waals surface area contributed by atoms with Gasteiger partial charge in [0.25, 0.3) is 0 Å². The molecule has 0 aliphatic carbocycles. The first-order chi connectivity index (χ1) is 8.69. The predicted molar refractivity (Wildman–Crippen MR) is 70.9 cm³/mol. The first-order valence-corrected chi connectivity index (χ1v) is 5.42. The molecule has 2 aromatic carbocycles. The van der Waals surface area contributed by atoms with Crippen LogP contribution in [0.5, 0.6) is 0 Å². The van der Waals surface area contributed by atoms with Crippen molar-refractivity contribution in [1.82, 2.24) is 0 Å². The number of nitriles is 1. The van der Waals surface area contributed by atoms with Crippen molar-refractivity contribution in [3.05, 3.63) is 65.0 Å². The maximum atomic E-state index is 13.4. The molecule has 0 fully saturated rings. The molecule has 2 nitrogen and oxygen atoms in total. The molecule has 3 heteroatoms. The summed E-state index contributed by atoms with van der Waals surface area (Å²) in [6.07, 6.45) is 3.65. The number of benzene rings is 2. The summed E-state index contributed by atoms with van der Waals surface area (Å²) in [5, 5.41) is 8.62. The van der Waals surface area contributed by atoms with Crippen molar-refractivity contribution in [2.24, 2.45) is 0 Å². The van der Waals surface area contributed by atoms with Crippen LogP contribution in [0.2, 0.25) is 0 Å². The Balaban J connectivity index is 2.21. The van der Waals surface area contributed by atoms with Crippen molar-refractivity contribution < 1.29 is 4.39 Å². The lowest BCUT2D eigenvalue weighted by atomic mass is 10.1. The average Bonchev–Trinajstić information content (AvgIpc) is 2.38. The fourth-order valence-electron chi connectivity index (χ4n) is 1.53. The van der Waals surface area contributed by atoms with Gasteiger partial charge >= 0.3 is 0 Å². The summed E-state index contributed by atoms with van der Waals surface area (Å²) < 4.78 is 13.4. The largest absolute Gasteiger partial charge is 0.399 e. The molecular weight excluding hydrogens is 227 g/mol. The molecule has 0 spiro atoms. The third-order valence-corrected chi connectivity index (χ3v) is 2.52. The molecule has 2 N–H and O–H groups in total. The Hall–Kier alpha value is -2.60. The molecule has 0 atom stereocenters. The van der Waals surface area contributed by atoms with Crippen LogP contribution in [-0.4, -0.2) is 0 Å². The van der Waals surface area contributed by atoms with E-state index in [0.717, 1.165) is 5.56 Å². The van der Waals surface area contributed by atoms with Gasteiger partial charge < -0.3 is 5.73 Å². The number of hydrogen-bond acceptors (Lipinski definition) is 2. The van der Waals surface area contributed by atoms with Gasteiger partial charge in [0.05, 0.1) is 5.56 Å². The molecule has 0 radical (unpaired) electrons. The van der Waals surface area contributed by atoms with E-state index in [1.807, 2.05) is 18.2 Å². The molecule has 88 valence electrons. The molecule has 0 aromatic heterocycles. The van der Waals surface area contributed by atoms with Gasteiger partial charge in [-0.25, -0.2) is 4.39 Å². The van der Waals surface area contributed by atoms with Crippen LogP contribution in [0.4, 0.5) is 10.1 Å². The van der Waals surface area contributed by atoms with Gasteiger partial charge in [0.1, 0.15) is 11.9 Å². The van der Waals surface area contributed by atoms with E-state index in [0.29, 0.717) is 11.3 Å². The Morgan fingerprint density at radius 2 is 1.61 bits per heavy atom. The van der Waals surface area contributed by atoms with Crippen molar-refractivity contribution in [3.63, 3.8) is 0 Å². The summed E-state index contributed by atoms with van der Waals surface area (Å²) in [4.78, 5) is 0. The number of nitrogens with zero attached hydrogens (tertiary/aromatic N) is 1. The van der Waals surface area contributed by atoms with E-state index < -0.39 is 5.82 Å². The lowest BCUT2D eigenvalue weighted by molar-refractivity contribution is 0.623. The highest BCUT2D eigenvalue weighted by atomic mass is 19.1. The Bertz CT molecular complexity index is 622. The third kappa shape index (κ3) is 2.74. The number of anilines is 1. The second-order valence-corrected chi connectivity index (χ2v) is 3.85. The zero-order valence-corrected chi connectivity index (χ0v) is 9.60. The van der Waals surface area contributed by atoms with E-state index in [1.165, 1.54) is 12.1 Å². The minimum absolute atomic E-state index is 0.0552. The van der Waals surface area contributed by atoms with Gasteiger partial charge in [0, 0.05) is 5.69 Å². The van der Waals surface area contributed by atoms with Gasteiger partial charge in [-0.3, -0.25) is 0 Å². The highest BCUT2D eigenvalue weighted by Gasteiger charge is 2.00. The first-order valence-electron chi connectivity index (χ1n) is 5.42. The Labute approximate surface area is 105 Å². The normalized spacial score (nSPS) is 10.4. The van der Waals surface area contributed by atoms with Gasteiger partial charge in [0.2, 0.25) is 0 Å². The third-order valence-electron chi connectivity index (χ3n) is 2.52. The monoisotopic (exact) mass is 238 g/mol. The average molecular weight is 238 g/mol. The molecule has 0 heterocycles. The van der Waals surface area contributed by atoms with E-state index in [-0.39, 0.29) is 5.56 Å². The molecule has 18 heavy (non-hydrogen) atoms. The van der Waals surface area contributed by atoms with Gasteiger partial charge in [-0.15, -0.1) is 0 Å². The van der Waals surface area contributed by atoms with Crippen LogP contribution in [0.15, 0.2) is 42.5 Å². The van der Waals surface area contributed by atoms with Crippen molar-refractivity contribution >= 4 is 17.8 Å². The fourth-order valence-corrected chi connectivity index (χ4v) is 1.53. The lowest BCUT2D eigenvalue weighted by Crippen LogP contribution is -1.84. The van der Waals surface area contributed by atoms with E-state index in [4.69, 9.17) is 11.0 Å².